The molecule has 3 amide bonds. The summed E-state index contributed by atoms with van der Waals surface area (Å²) in [5.74, 6) is -0.598. The van der Waals surface area contributed by atoms with Gasteiger partial charge in [0.05, 0.1) is 21.8 Å². The molecule has 2 aromatic carbocycles. The number of anilines is 1. The van der Waals surface area contributed by atoms with E-state index in [-0.39, 0.29) is 28.7 Å². The molecule has 0 saturated carbocycles. The molecule has 0 aromatic heterocycles. The number of benzene rings is 2. The van der Waals surface area contributed by atoms with E-state index >= 15 is 0 Å². The van der Waals surface area contributed by atoms with E-state index in [9.17, 15) is 24.8 Å². The summed E-state index contributed by atoms with van der Waals surface area (Å²) >= 11 is 5.85. The largest absolute Gasteiger partial charge is 0.507 e. The number of para-hydroxylation sites is 1. The van der Waals surface area contributed by atoms with Gasteiger partial charge in [0.1, 0.15) is 12.3 Å². The Morgan fingerprint density at radius 3 is 2.67 bits per heavy atom. The summed E-state index contributed by atoms with van der Waals surface area (Å²) in [4.78, 5) is 33.4. The molecule has 0 aliphatic rings. The number of nitrogens with one attached hydrogen (secondary N) is 3. The quantitative estimate of drug-likeness (QED) is 0.339. The Morgan fingerprint density at radius 1 is 1.26 bits per heavy atom. The summed E-state index contributed by atoms with van der Waals surface area (Å²) < 4.78 is 0. The average molecular weight is 392 g/mol. The molecule has 0 fully saturated rings. The van der Waals surface area contributed by atoms with Crippen molar-refractivity contribution in [1.82, 2.24) is 10.7 Å². The molecular weight excluding hydrogens is 378 g/mol. The van der Waals surface area contributed by atoms with Crippen LogP contribution in [0.5, 0.6) is 5.75 Å². The zero-order valence-corrected chi connectivity index (χ0v) is 14.4. The van der Waals surface area contributed by atoms with E-state index < -0.39 is 16.9 Å². The summed E-state index contributed by atoms with van der Waals surface area (Å²) in [5, 5.41) is 28.5. The van der Waals surface area contributed by atoms with Crippen LogP contribution >= 0.6 is 11.6 Å². The Kier molecular flexibility index (Phi) is 6.67. The van der Waals surface area contributed by atoms with Gasteiger partial charge in [-0.15, -0.1) is 0 Å². The average Bonchev–Trinajstić information content (AvgIpc) is 2.63. The topological polar surface area (TPSA) is 146 Å². The maximum Gasteiger partial charge on any atom is 0.319 e. The van der Waals surface area contributed by atoms with Crippen LogP contribution in [0.2, 0.25) is 5.02 Å². The highest BCUT2D eigenvalue weighted by Gasteiger charge is 2.12. The van der Waals surface area contributed by atoms with Crippen molar-refractivity contribution < 1.29 is 19.6 Å². The minimum Gasteiger partial charge on any atom is -0.507 e. The van der Waals surface area contributed by atoms with E-state index in [2.05, 4.69) is 21.2 Å². The van der Waals surface area contributed by atoms with Gasteiger partial charge in [0.2, 0.25) is 0 Å². The first kappa shape index (κ1) is 19.7. The molecule has 4 N–H and O–H groups in total. The fourth-order valence-electron chi connectivity index (χ4n) is 1.86. The number of urea groups is 1. The fourth-order valence-corrected chi connectivity index (χ4v) is 2.08. The lowest BCUT2D eigenvalue weighted by molar-refractivity contribution is -0.384. The number of hydrazone groups is 1. The number of hydrogen-bond acceptors (Lipinski definition) is 6. The molecular formula is C16H14ClN5O5. The van der Waals surface area contributed by atoms with Gasteiger partial charge in [0.25, 0.3) is 11.6 Å². The number of phenols is 1. The first-order chi connectivity index (χ1) is 12.9. The van der Waals surface area contributed by atoms with E-state index in [1.807, 2.05) is 0 Å². The monoisotopic (exact) mass is 391 g/mol. The van der Waals surface area contributed by atoms with Gasteiger partial charge in [-0.05, 0) is 18.2 Å². The van der Waals surface area contributed by atoms with Gasteiger partial charge in [-0.1, -0.05) is 23.7 Å². The normalized spacial score (nSPS) is 10.4. The lowest BCUT2D eigenvalue weighted by Crippen LogP contribution is -2.37. The predicted octanol–water partition coefficient (Wildman–Crippen LogP) is 2.23. The Morgan fingerprint density at radius 2 is 2.00 bits per heavy atom. The molecule has 2 rings (SSSR count). The number of rotatable bonds is 6. The molecule has 0 bridgehead atoms. The highest BCUT2D eigenvalue weighted by molar-refractivity contribution is 6.33. The van der Waals surface area contributed by atoms with E-state index in [0.29, 0.717) is 5.56 Å². The van der Waals surface area contributed by atoms with Crippen molar-refractivity contribution in [2.45, 2.75) is 0 Å². The highest BCUT2D eigenvalue weighted by atomic mass is 35.5. The van der Waals surface area contributed by atoms with Gasteiger partial charge in [0.15, 0.2) is 0 Å². The predicted molar refractivity (Wildman–Crippen MR) is 99.0 cm³/mol. The summed E-state index contributed by atoms with van der Waals surface area (Å²) in [6, 6.07) is 9.23. The van der Waals surface area contributed by atoms with Crippen molar-refractivity contribution in [3.63, 3.8) is 0 Å². The Labute approximate surface area is 158 Å². The van der Waals surface area contributed by atoms with Gasteiger partial charge in [-0.3, -0.25) is 14.9 Å². The molecule has 10 nitrogen and oxygen atoms in total. The smallest absolute Gasteiger partial charge is 0.319 e. The number of carbonyl (C=O) groups is 2. The molecule has 2 aromatic rings. The molecule has 27 heavy (non-hydrogen) atoms. The molecule has 0 aliphatic heterocycles. The van der Waals surface area contributed by atoms with Crippen LogP contribution in [0.1, 0.15) is 5.56 Å². The minimum atomic E-state index is -0.731. The number of nitro benzene ring substituents is 1. The van der Waals surface area contributed by atoms with Crippen molar-refractivity contribution in [3.8, 4) is 5.75 Å². The number of non-ortho nitro benzene ring substituents is 1. The third-order valence-electron chi connectivity index (χ3n) is 3.15. The molecule has 140 valence electrons. The van der Waals surface area contributed by atoms with E-state index in [0.717, 1.165) is 6.07 Å². The molecule has 0 aliphatic carbocycles. The summed E-state index contributed by atoms with van der Waals surface area (Å²) in [7, 11) is 0. The third-order valence-corrected chi connectivity index (χ3v) is 3.46. The number of phenolic OH excluding ortho intramolecular Hbond substituents is 1. The SMILES string of the molecule is O=C(CNC(=O)Nc1ccc([N+](=O)[O-])cc1Cl)N/N=C\c1ccccc1O. The van der Waals surface area contributed by atoms with E-state index in [1.54, 1.807) is 18.2 Å². The van der Waals surface area contributed by atoms with E-state index in [4.69, 9.17) is 11.6 Å². The Hall–Kier alpha value is -3.66. The lowest BCUT2D eigenvalue weighted by atomic mass is 10.2. The van der Waals surface area contributed by atoms with Crippen LogP contribution in [-0.2, 0) is 4.79 Å². The number of amides is 3. The van der Waals surface area contributed by atoms with Crippen molar-refractivity contribution >= 4 is 41.1 Å². The maximum absolute atomic E-state index is 11.8. The van der Waals surface area contributed by atoms with Gasteiger partial charge in [-0.2, -0.15) is 5.10 Å². The van der Waals surface area contributed by atoms with Crippen LogP contribution in [0.15, 0.2) is 47.6 Å². The van der Waals surface area contributed by atoms with Crippen molar-refractivity contribution in [3.05, 3.63) is 63.2 Å². The number of aromatic hydroxyl groups is 1. The molecule has 0 spiro atoms. The zero-order valence-electron chi connectivity index (χ0n) is 13.7. The highest BCUT2D eigenvalue weighted by Crippen LogP contribution is 2.26. The van der Waals surface area contributed by atoms with Crippen LogP contribution in [0.3, 0.4) is 0 Å². The number of halogens is 1. The summed E-state index contributed by atoms with van der Waals surface area (Å²) in [6.07, 6.45) is 1.25. The number of nitro groups is 1. The zero-order chi connectivity index (χ0) is 19.8. The Balaban J connectivity index is 1.80. The second kappa shape index (κ2) is 9.15. The molecule has 0 heterocycles. The second-order valence-electron chi connectivity index (χ2n) is 5.08. The summed E-state index contributed by atoms with van der Waals surface area (Å²) in [6.45, 7) is -0.380. The van der Waals surface area contributed by atoms with Crippen LogP contribution < -0.4 is 16.1 Å². The standard InChI is InChI=1S/C16H14ClN5O5/c17-12-7-11(22(26)27)5-6-13(12)20-16(25)18-9-15(24)21-19-8-10-3-1-2-4-14(10)23/h1-8,23H,9H2,(H,21,24)(H2,18,20,25)/b19-8-. The number of nitrogens with zero attached hydrogens (tertiary/aromatic N) is 2. The van der Waals surface area contributed by atoms with Gasteiger partial charge < -0.3 is 15.7 Å². The van der Waals surface area contributed by atoms with Crippen molar-refractivity contribution in [2.75, 3.05) is 11.9 Å². The van der Waals surface area contributed by atoms with Gasteiger partial charge in [0, 0.05) is 17.7 Å². The first-order valence-electron chi connectivity index (χ1n) is 7.45. The number of hydrogen-bond donors (Lipinski definition) is 4. The summed E-state index contributed by atoms with van der Waals surface area (Å²) in [5.41, 5.74) is 2.53. The van der Waals surface area contributed by atoms with Crippen molar-refractivity contribution in [2.24, 2.45) is 5.10 Å². The van der Waals surface area contributed by atoms with Gasteiger partial charge >= 0.3 is 6.03 Å². The molecule has 0 atom stereocenters. The van der Waals surface area contributed by atoms with Crippen LogP contribution in [0, 0.1) is 10.1 Å². The lowest BCUT2D eigenvalue weighted by Gasteiger charge is -2.08. The molecule has 0 unspecified atom stereocenters. The van der Waals surface area contributed by atoms with Gasteiger partial charge in [-0.25, -0.2) is 10.2 Å². The maximum atomic E-state index is 11.8. The van der Waals surface area contributed by atoms with Crippen LogP contribution in [0.25, 0.3) is 0 Å². The Bertz CT molecular complexity index is 903. The molecule has 0 saturated heterocycles. The fraction of sp³-hybridized carbons (Fsp3) is 0.0625. The van der Waals surface area contributed by atoms with E-state index in [1.165, 1.54) is 24.4 Å². The number of carbonyl (C=O) groups excluding carboxylic acids is 2. The molecule has 0 radical (unpaired) electrons. The van der Waals surface area contributed by atoms with Crippen LogP contribution in [-0.4, -0.2) is 34.7 Å². The first-order valence-corrected chi connectivity index (χ1v) is 7.83. The minimum absolute atomic E-state index is 0.00739. The third kappa shape index (κ3) is 5.97. The van der Waals surface area contributed by atoms with Crippen molar-refractivity contribution in [1.29, 1.82) is 0 Å². The second-order valence-corrected chi connectivity index (χ2v) is 5.49. The van der Waals surface area contributed by atoms with Crippen LogP contribution in [0.4, 0.5) is 16.2 Å². The molecule has 11 heteroatoms.